The number of para-hydroxylation sites is 1. The molecule has 0 bridgehead atoms. The number of hydrogen-bond acceptors (Lipinski definition) is 2. The molecule has 1 aromatic heterocycles. The maximum atomic E-state index is 12.6. The van der Waals surface area contributed by atoms with Gasteiger partial charge < -0.3 is 5.11 Å². The Balaban J connectivity index is 2.20. The second kappa shape index (κ2) is 4.96. The van der Waals surface area contributed by atoms with E-state index in [2.05, 4.69) is 20.9 Å². The first-order valence-electron chi connectivity index (χ1n) is 6.10. The van der Waals surface area contributed by atoms with E-state index in [1.54, 1.807) is 6.07 Å². The highest BCUT2D eigenvalue weighted by molar-refractivity contribution is 9.10. The summed E-state index contributed by atoms with van der Waals surface area (Å²) in [5.41, 5.74) is 1.13. The molecule has 2 aromatic carbocycles. The molecule has 0 amide bonds. The Morgan fingerprint density at radius 1 is 1.05 bits per heavy atom. The third-order valence-electron chi connectivity index (χ3n) is 3.24. The number of rotatable bonds is 1. The maximum absolute atomic E-state index is 12.6. The van der Waals surface area contributed by atoms with Crippen LogP contribution in [0.25, 0.3) is 21.8 Å². The van der Waals surface area contributed by atoms with Crippen LogP contribution in [0.1, 0.15) is 11.7 Å². The third-order valence-corrected chi connectivity index (χ3v) is 3.88. The van der Waals surface area contributed by atoms with Crippen LogP contribution in [0, 0.1) is 0 Å². The molecule has 0 radical (unpaired) electrons. The van der Waals surface area contributed by atoms with Gasteiger partial charge in [-0.05, 0) is 45.8 Å². The normalized spacial score (nSPS) is 13.8. The minimum absolute atomic E-state index is 0.189. The summed E-state index contributed by atoms with van der Waals surface area (Å²) in [7, 11) is 0. The van der Waals surface area contributed by atoms with Gasteiger partial charge in [0.05, 0.1) is 11.0 Å². The quantitative estimate of drug-likeness (QED) is 0.639. The van der Waals surface area contributed by atoms with Crippen molar-refractivity contribution >= 4 is 37.7 Å². The van der Waals surface area contributed by atoms with Crippen LogP contribution in [-0.4, -0.2) is 16.3 Å². The summed E-state index contributed by atoms with van der Waals surface area (Å²) in [6.07, 6.45) is -7.17. The van der Waals surface area contributed by atoms with E-state index in [1.165, 1.54) is 18.2 Å². The van der Waals surface area contributed by atoms with E-state index in [-0.39, 0.29) is 5.56 Å². The van der Waals surface area contributed by atoms with Crippen molar-refractivity contribution in [1.82, 2.24) is 4.98 Å². The highest BCUT2D eigenvalue weighted by Crippen LogP contribution is 2.34. The molecule has 108 valence electrons. The molecular weight excluding hydrogens is 347 g/mol. The van der Waals surface area contributed by atoms with Crippen molar-refractivity contribution in [3.8, 4) is 0 Å². The average molecular weight is 356 g/mol. The Bertz CT molecular complexity index is 832. The Labute approximate surface area is 126 Å². The van der Waals surface area contributed by atoms with Gasteiger partial charge in [-0.15, -0.1) is 0 Å². The number of aliphatic hydroxyl groups excluding tert-OH is 1. The molecule has 1 atom stereocenters. The van der Waals surface area contributed by atoms with Gasteiger partial charge in [-0.25, -0.2) is 4.98 Å². The first kappa shape index (κ1) is 14.3. The Morgan fingerprint density at radius 2 is 1.81 bits per heavy atom. The van der Waals surface area contributed by atoms with Gasteiger partial charge in [0.15, 0.2) is 6.10 Å². The molecule has 0 aliphatic heterocycles. The van der Waals surface area contributed by atoms with Crippen molar-refractivity contribution in [2.24, 2.45) is 0 Å². The Kier molecular flexibility index (Phi) is 3.37. The van der Waals surface area contributed by atoms with Gasteiger partial charge in [-0.1, -0.05) is 18.2 Å². The van der Waals surface area contributed by atoms with Crippen molar-refractivity contribution in [2.75, 3.05) is 0 Å². The topological polar surface area (TPSA) is 33.1 Å². The fraction of sp³-hybridized carbons (Fsp3) is 0.133. The molecule has 3 rings (SSSR count). The SMILES string of the molecule is OC(c1ccc2nc3c(Br)cccc3cc2c1)C(F)(F)F. The molecule has 3 aromatic rings. The van der Waals surface area contributed by atoms with E-state index >= 15 is 0 Å². The van der Waals surface area contributed by atoms with Gasteiger partial charge in [0.2, 0.25) is 0 Å². The molecule has 0 fully saturated rings. The van der Waals surface area contributed by atoms with Crippen molar-refractivity contribution in [2.45, 2.75) is 12.3 Å². The third kappa shape index (κ3) is 2.61. The zero-order chi connectivity index (χ0) is 15.2. The minimum Gasteiger partial charge on any atom is -0.379 e. The van der Waals surface area contributed by atoms with Crippen molar-refractivity contribution in [1.29, 1.82) is 0 Å². The second-order valence-electron chi connectivity index (χ2n) is 4.70. The summed E-state index contributed by atoms with van der Waals surface area (Å²) in [6, 6.07) is 11.3. The highest BCUT2D eigenvalue weighted by Gasteiger charge is 2.39. The zero-order valence-electron chi connectivity index (χ0n) is 10.5. The van der Waals surface area contributed by atoms with Crippen LogP contribution in [0.4, 0.5) is 13.2 Å². The summed E-state index contributed by atoms with van der Waals surface area (Å²) in [5, 5.41) is 10.7. The van der Waals surface area contributed by atoms with E-state index in [1.807, 2.05) is 18.2 Å². The number of halogens is 4. The smallest absolute Gasteiger partial charge is 0.379 e. The number of nitrogens with zero attached hydrogens (tertiary/aromatic N) is 1. The van der Waals surface area contributed by atoms with Gasteiger partial charge in [0.1, 0.15) is 0 Å². The van der Waals surface area contributed by atoms with Gasteiger partial charge in [0, 0.05) is 15.2 Å². The number of aliphatic hydroxyl groups is 1. The lowest BCUT2D eigenvalue weighted by Gasteiger charge is -2.15. The number of alkyl halides is 3. The first-order chi connectivity index (χ1) is 9.86. The number of benzene rings is 2. The van der Waals surface area contributed by atoms with E-state index in [9.17, 15) is 18.3 Å². The van der Waals surface area contributed by atoms with Gasteiger partial charge >= 0.3 is 6.18 Å². The van der Waals surface area contributed by atoms with Crippen LogP contribution in [0.2, 0.25) is 0 Å². The number of aromatic nitrogens is 1. The first-order valence-corrected chi connectivity index (χ1v) is 6.89. The number of hydrogen-bond donors (Lipinski definition) is 1. The van der Waals surface area contributed by atoms with Crippen molar-refractivity contribution in [3.63, 3.8) is 0 Å². The van der Waals surface area contributed by atoms with Crippen LogP contribution in [-0.2, 0) is 0 Å². The second-order valence-corrected chi connectivity index (χ2v) is 5.55. The molecule has 21 heavy (non-hydrogen) atoms. The molecule has 0 saturated heterocycles. The molecular formula is C15H9BrF3NO. The molecule has 0 saturated carbocycles. The van der Waals surface area contributed by atoms with E-state index in [0.717, 1.165) is 15.4 Å². The molecule has 2 nitrogen and oxygen atoms in total. The Hall–Kier alpha value is -1.66. The predicted octanol–water partition coefficient (Wildman–Crippen LogP) is 4.75. The minimum atomic E-state index is -4.68. The largest absolute Gasteiger partial charge is 0.418 e. The molecule has 1 heterocycles. The number of pyridine rings is 1. The molecule has 6 heteroatoms. The fourth-order valence-electron chi connectivity index (χ4n) is 2.20. The van der Waals surface area contributed by atoms with E-state index in [0.29, 0.717) is 10.9 Å². The van der Waals surface area contributed by atoms with Crippen LogP contribution in [0.5, 0.6) is 0 Å². The molecule has 0 aliphatic rings. The van der Waals surface area contributed by atoms with Crippen LogP contribution >= 0.6 is 15.9 Å². The molecule has 1 N–H and O–H groups in total. The lowest BCUT2D eigenvalue weighted by Crippen LogP contribution is -2.20. The predicted molar refractivity (Wildman–Crippen MR) is 78.0 cm³/mol. The summed E-state index contributed by atoms with van der Waals surface area (Å²) in [4.78, 5) is 4.43. The summed E-state index contributed by atoms with van der Waals surface area (Å²) in [6.45, 7) is 0. The average Bonchev–Trinajstić information content (AvgIpc) is 2.43. The van der Waals surface area contributed by atoms with Gasteiger partial charge in [-0.2, -0.15) is 13.2 Å². The van der Waals surface area contributed by atoms with Crippen molar-refractivity contribution in [3.05, 3.63) is 52.5 Å². The standard InChI is InChI=1S/C15H9BrF3NO/c16-11-3-1-2-8-6-10-7-9(14(21)15(17,18)19)4-5-12(10)20-13(8)11/h1-7,14,21H. The van der Waals surface area contributed by atoms with Crippen LogP contribution in [0.3, 0.4) is 0 Å². The lowest BCUT2D eigenvalue weighted by atomic mass is 10.0. The maximum Gasteiger partial charge on any atom is 0.418 e. The monoisotopic (exact) mass is 355 g/mol. The molecule has 1 unspecified atom stereocenters. The molecule has 0 aliphatic carbocycles. The lowest BCUT2D eigenvalue weighted by molar-refractivity contribution is -0.206. The van der Waals surface area contributed by atoms with Crippen LogP contribution < -0.4 is 0 Å². The summed E-state index contributed by atoms with van der Waals surface area (Å²) in [5.74, 6) is 0. The van der Waals surface area contributed by atoms with E-state index in [4.69, 9.17) is 0 Å². The highest BCUT2D eigenvalue weighted by atomic mass is 79.9. The number of fused-ring (bicyclic) bond motifs is 2. The fourth-order valence-corrected chi connectivity index (χ4v) is 2.67. The molecule has 0 spiro atoms. The van der Waals surface area contributed by atoms with Crippen molar-refractivity contribution < 1.29 is 18.3 Å². The Morgan fingerprint density at radius 3 is 2.52 bits per heavy atom. The zero-order valence-corrected chi connectivity index (χ0v) is 12.1. The van der Waals surface area contributed by atoms with Gasteiger partial charge in [-0.3, -0.25) is 0 Å². The summed E-state index contributed by atoms with van der Waals surface area (Å²) < 4.78 is 38.5. The van der Waals surface area contributed by atoms with Gasteiger partial charge in [0.25, 0.3) is 0 Å². The summed E-state index contributed by atoms with van der Waals surface area (Å²) >= 11 is 3.40. The van der Waals surface area contributed by atoms with E-state index < -0.39 is 12.3 Å². The van der Waals surface area contributed by atoms with Crippen LogP contribution in [0.15, 0.2) is 46.9 Å².